The van der Waals surface area contributed by atoms with Crippen molar-refractivity contribution in [3.63, 3.8) is 0 Å². The first kappa shape index (κ1) is 16.3. The molecule has 2 N–H and O–H groups in total. The maximum atomic E-state index is 12.3. The molecule has 0 aliphatic carbocycles. The summed E-state index contributed by atoms with van der Waals surface area (Å²) in [7, 11) is 0. The monoisotopic (exact) mass is 343 g/mol. The van der Waals surface area contributed by atoms with E-state index < -0.39 is 6.10 Å². The van der Waals surface area contributed by atoms with E-state index in [1.807, 2.05) is 31.2 Å². The molecule has 5 nitrogen and oxygen atoms in total. The predicted octanol–water partition coefficient (Wildman–Crippen LogP) is 3.86. The largest absolute Gasteiger partial charge is 0.481 e. The minimum Gasteiger partial charge on any atom is -0.481 e. The van der Waals surface area contributed by atoms with E-state index in [9.17, 15) is 4.79 Å². The lowest BCUT2D eigenvalue weighted by atomic mass is 10.2. The third kappa shape index (κ3) is 3.68. The lowest BCUT2D eigenvalue weighted by Crippen LogP contribution is -2.38. The third-order valence-corrected chi connectivity index (χ3v) is 3.89. The SMILES string of the molecule is CC(Oc1cccc(Cl)c1)C(=O)NC(C)c1nc2ccccc2[nH]1. The number of hydrogen-bond donors (Lipinski definition) is 2. The number of carbonyl (C=O) groups is 1. The van der Waals surface area contributed by atoms with E-state index in [2.05, 4.69) is 15.3 Å². The van der Waals surface area contributed by atoms with Crippen LogP contribution in [0.5, 0.6) is 5.75 Å². The number of halogens is 1. The number of hydrogen-bond acceptors (Lipinski definition) is 3. The summed E-state index contributed by atoms with van der Waals surface area (Å²) < 4.78 is 5.63. The molecule has 1 amide bonds. The normalized spacial score (nSPS) is 13.5. The quantitative estimate of drug-likeness (QED) is 0.739. The second-order valence-corrected chi connectivity index (χ2v) is 6.02. The van der Waals surface area contributed by atoms with Gasteiger partial charge in [0.2, 0.25) is 0 Å². The Hall–Kier alpha value is -2.53. The van der Waals surface area contributed by atoms with Gasteiger partial charge in [0, 0.05) is 5.02 Å². The Morgan fingerprint density at radius 3 is 2.75 bits per heavy atom. The highest BCUT2D eigenvalue weighted by Gasteiger charge is 2.19. The summed E-state index contributed by atoms with van der Waals surface area (Å²) >= 11 is 5.92. The average molecular weight is 344 g/mol. The molecule has 24 heavy (non-hydrogen) atoms. The van der Waals surface area contributed by atoms with Gasteiger partial charge < -0.3 is 15.0 Å². The Morgan fingerprint density at radius 1 is 1.21 bits per heavy atom. The molecule has 6 heteroatoms. The van der Waals surface area contributed by atoms with Gasteiger partial charge in [-0.25, -0.2) is 4.98 Å². The van der Waals surface area contributed by atoms with E-state index in [4.69, 9.17) is 16.3 Å². The fraction of sp³-hybridized carbons (Fsp3) is 0.222. The molecule has 0 bridgehead atoms. The van der Waals surface area contributed by atoms with Crippen LogP contribution in [0.25, 0.3) is 11.0 Å². The molecular weight excluding hydrogens is 326 g/mol. The van der Waals surface area contributed by atoms with Crippen molar-refractivity contribution in [1.82, 2.24) is 15.3 Å². The van der Waals surface area contributed by atoms with Gasteiger partial charge in [0.1, 0.15) is 11.6 Å². The molecule has 3 aromatic rings. The van der Waals surface area contributed by atoms with E-state index in [1.165, 1.54) is 0 Å². The van der Waals surface area contributed by atoms with Crippen LogP contribution in [0.2, 0.25) is 5.02 Å². The number of para-hydroxylation sites is 2. The highest BCUT2D eigenvalue weighted by Crippen LogP contribution is 2.19. The van der Waals surface area contributed by atoms with Crippen LogP contribution in [0, 0.1) is 0 Å². The molecule has 0 saturated heterocycles. The number of fused-ring (bicyclic) bond motifs is 1. The summed E-state index contributed by atoms with van der Waals surface area (Å²) in [5, 5.41) is 3.47. The van der Waals surface area contributed by atoms with Crippen molar-refractivity contribution >= 4 is 28.5 Å². The summed E-state index contributed by atoms with van der Waals surface area (Å²) in [4.78, 5) is 20.0. The van der Waals surface area contributed by atoms with Gasteiger partial charge in [0.05, 0.1) is 17.1 Å². The number of imidazole rings is 1. The van der Waals surface area contributed by atoms with E-state index in [-0.39, 0.29) is 11.9 Å². The van der Waals surface area contributed by atoms with Crippen molar-refractivity contribution in [2.24, 2.45) is 0 Å². The van der Waals surface area contributed by atoms with Gasteiger partial charge in [-0.3, -0.25) is 4.79 Å². The number of aromatic nitrogens is 2. The van der Waals surface area contributed by atoms with Crippen LogP contribution in [0.1, 0.15) is 25.7 Å². The minimum atomic E-state index is -0.643. The summed E-state index contributed by atoms with van der Waals surface area (Å²) in [6.45, 7) is 3.57. The summed E-state index contributed by atoms with van der Waals surface area (Å²) in [5.41, 5.74) is 1.81. The number of rotatable bonds is 5. The Labute approximate surface area is 145 Å². The molecule has 0 fully saturated rings. The van der Waals surface area contributed by atoms with Crippen molar-refractivity contribution < 1.29 is 9.53 Å². The molecule has 2 unspecified atom stereocenters. The van der Waals surface area contributed by atoms with Gasteiger partial charge in [-0.1, -0.05) is 29.8 Å². The fourth-order valence-electron chi connectivity index (χ4n) is 2.37. The molecule has 0 radical (unpaired) electrons. The van der Waals surface area contributed by atoms with Crippen molar-refractivity contribution in [1.29, 1.82) is 0 Å². The molecule has 0 spiro atoms. The molecule has 0 aliphatic heterocycles. The Bertz CT molecular complexity index is 829. The topological polar surface area (TPSA) is 67.0 Å². The number of amides is 1. The van der Waals surface area contributed by atoms with Crippen LogP contribution >= 0.6 is 11.6 Å². The Balaban J connectivity index is 1.64. The molecular formula is C18H18ClN3O2. The zero-order valence-electron chi connectivity index (χ0n) is 13.4. The summed E-state index contributed by atoms with van der Waals surface area (Å²) in [5.74, 6) is 1.05. The highest BCUT2D eigenvalue weighted by molar-refractivity contribution is 6.30. The first-order chi connectivity index (χ1) is 11.5. The highest BCUT2D eigenvalue weighted by atomic mass is 35.5. The molecule has 0 aliphatic rings. The number of carbonyl (C=O) groups excluding carboxylic acids is 1. The standard InChI is InChI=1S/C18H18ClN3O2/c1-11(17-21-15-8-3-4-9-16(15)22-17)20-18(23)12(2)24-14-7-5-6-13(19)10-14/h3-12H,1-2H3,(H,20,23)(H,21,22). The van der Waals surface area contributed by atoms with Crippen molar-refractivity contribution in [3.05, 3.63) is 59.4 Å². The van der Waals surface area contributed by atoms with Gasteiger partial charge in [-0.2, -0.15) is 0 Å². The van der Waals surface area contributed by atoms with Gasteiger partial charge in [0.15, 0.2) is 6.10 Å². The molecule has 2 aromatic carbocycles. The van der Waals surface area contributed by atoms with E-state index in [0.717, 1.165) is 11.0 Å². The first-order valence-electron chi connectivity index (χ1n) is 7.70. The average Bonchev–Trinajstić information content (AvgIpc) is 2.99. The van der Waals surface area contributed by atoms with Crippen LogP contribution in [0.3, 0.4) is 0 Å². The lowest BCUT2D eigenvalue weighted by molar-refractivity contribution is -0.128. The minimum absolute atomic E-state index is 0.220. The van der Waals surface area contributed by atoms with Gasteiger partial charge >= 0.3 is 0 Å². The van der Waals surface area contributed by atoms with Crippen LogP contribution in [0.4, 0.5) is 0 Å². The Morgan fingerprint density at radius 2 is 2.00 bits per heavy atom. The second-order valence-electron chi connectivity index (χ2n) is 5.59. The maximum absolute atomic E-state index is 12.3. The molecule has 0 saturated carbocycles. The lowest BCUT2D eigenvalue weighted by Gasteiger charge is -2.17. The number of nitrogens with zero attached hydrogens (tertiary/aromatic N) is 1. The predicted molar refractivity (Wildman–Crippen MR) is 94.2 cm³/mol. The van der Waals surface area contributed by atoms with Crippen LogP contribution < -0.4 is 10.1 Å². The van der Waals surface area contributed by atoms with Gasteiger partial charge in [-0.05, 0) is 44.2 Å². The molecule has 1 aromatic heterocycles. The summed E-state index contributed by atoms with van der Waals surface area (Å²) in [6.07, 6.45) is -0.643. The third-order valence-electron chi connectivity index (χ3n) is 3.65. The molecule has 2 atom stereocenters. The van der Waals surface area contributed by atoms with Crippen LogP contribution in [0.15, 0.2) is 48.5 Å². The number of nitrogens with one attached hydrogen (secondary N) is 2. The van der Waals surface area contributed by atoms with Crippen LogP contribution in [-0.4, -0.2) is 22.0 Å². The molecule has 1 heterocycles. The van der Waals surface area contributed by atoms with Gasteiger partial charge in [0.25, 0.3) is 5.91 Å². The fourth-order valence-corrected chi connectivity index (χ4v) is 2.55. The van der Waals surface area contributed by atoms with Crippen molar-refractivity contribution in [3.8, 4) is 5.75 Å². The number of aromatic amines is 1. The number of ether oxygens (including phenoxy) is 1. The van der Waals surface area contributed by atoms with E-state index in [0.29, 0.717) is 16.6 Å². The zero-order valence-corrected chi connectivity index (χ0v) is 14.2. The van der Waals surface area contributed by atoms with Gasteiger partial charge in [-0.15, -0.1) is 0 Å². The van der Waals surface area contributed by atoms with Crippen molar-refractivity contribution in [2.75, 3.05) is 0 Å². The first-order valence-corrected chi connectivity index (χ1v) is 8.08. The summed E-state index contributed by atoms with van der Waals surface area (Å²) in [6, 6.07) is 14.5. The number of benzene rings is 2. The van der Waals surface area contributed by atoms with E-state index >= 15 is 0 Å². The molecule has 3 rings (SSSR count). The Kier molecular flexibility index (Phi) is 4.71. The van der Waals surface area contributed by atoms with E-state index in [1.54, 1.807) is 31.2 Å². The maximum Gasteiger partial charge on any atom is 0.261 e. The van der Waals surface area contributed by atoms with Crippen LogP contribution in [-0.2, 0) is 4.79 Å². The smallest absolute Gasteiger partial charge is 0.261 e. The van der Waals surface area contributed by atoms with Crippen molar-refractivity contribution in [2.45, 2.75) is 26.0 Å². The number of H-pyrrole nitrogens is 1. The second kappa shape index (κ2) is 6.93. The zero-order chi connectivity index (χ0) is 17.1. The molecule has 124 valence electrons.